The number of methoxy groups -OCH3 is 1. The molecule has 0 heterocycles. The van der Waals surface area contributed by atoms with Crippen LogP contribution >= 0.6 is 0 Å². The maximum absolute atomic E-state index is 10.2. The van der Waals surface area contributed by atoms with Gasteiger partial charge >= 0.3 is 14.5 Å². The SMILES string of the molecule is C=C(C)C(=O)OC.CCC[Si](C)(O[Si](C)(C)C)O[Si](C)(C)C. The van der Waals surface area contributed by atoms with Gasteiger partial charge in [-0.2, -0.15) is 0 Å². The number of carbonyl (C=O) groups is 1. The van der Waals surface area contributed by atoms with Crippen molar-refractivity contribution in [3.63, 3.8) is 0 Å². The van der Waals surface area contributed by atoms with Gasteiger partial charge in [-0.05, 0) is 58.8 Å². The lowest BCUT2D eigenvalue weighted by Crippen LogP contribution is -2.52. The van der Waals surface area contributed by atoms with Crippen LogP contribution in [0.2, 0.25) is 51.9 Å². The molecule has 0 rings (SSSR count). The summed E-state index contributed by atoms with van der Waals surface area (Å²) in [6.45, 7) is 22.9. The summed E-state index contributed by atoms with van der Waals surface area (Å²) in [5.74, 6) is -0.347. The van der Waals surface area contributed by atoms with Crippen molar-refractivity contribution >= 4 is 31.2 Å². The number of carbonyl (C=O) groups excluding carboxylic acids is 1. The fourth-order valence-electron chi connectivity index (χ4n) is 2.05. The van der Waals surface area contributed by atoms with E-state index in [0.29, 0.717) is 5.57 Å². The second-order valence-electron chi connectivity index (χ2n) is 7.58. The second kappa shape index (κ2) is 9.82. The Balaban J connectivity index is 0. The third-order valence-corrected chi connectivity index (χ3v) is 12.0. The van der Waals surface area contributed by atoms with Gasteiger partial charge in [-0.15, -0.1) is 0 Å². The molecule has 4 nitrogen and oxygen atoms in total. The van der Waals surface area contributed by atoms with Gasteiger partial charge in [-0.25, -0.2) is 4.79 Å². The maximum Gasteiger partial charge on any atom is 0.332 e. The summed E-state index contributed by atoms with van der Waals surface area (Å²) in [6.07, 6.45) is 1.16. The zero-order valence-corrected chi connectivity index (χ0v) is 19.3. The van der Waals surface area contributed by atoms with Crippen LogP contribution in [0.15, 0.2) is 12.2 Å². The zero-order chi connectivity index (χ0) is 18.2. The first-order valence-electron chi connectivity index (χ1n) is 7.80. The van der Waals surface area contributed by atoms with E-state index in [-0.39, 0.29) is 5.97 Å². The second-order valence-corrected chi connectivity index (χ2v) is 20.4. The molecular weight excluding hydrogens is 328 g/mol. The van der Waals surface area contributed by atoms with Crippen molar-refractivity contribution in [3.8, 4) is 0 Å². The monoisotopic (exact) mass is 364 g/mol. The molecule has 0 saturated heterocycles. The summed E-state index contributed by atoms with van der Waals surface area (Å²) in [5, 5.41) is 0. The third kappa shape index (κ3) is 14.7. The Hall–Kier alpha value is -0.219. The van der Waals surface area contributed by atoms with Crippen LogP contribution in [-0.2, 0) is 17.8 Å². The largest absolute Gasteiger partial charge is 0.466 e. The first kappa shape index (κ1) is 24.0. The van der Waals surface area contributed by atoms with Gasteiger partial charge in [-0.3, -0.25) is 0 Å². The predicted molar refractivity (Wildman–Crippen MR) is 102 cm³/mol. The molecule has 0 amide bonds. The van der Waals surface area contributed by atoms with Gasteiger partial charge in [0.25, 0.3) is 0 Å². The number of rotatable bonds is 7. The number of ether oxygens (including phenoxy) is 1. The lowest BCUT2D eigenvalue weighted by Gasteiger charge is -2.38. The lowest BCUT2D eigenvalue weighted by atomic mass is 10.4. The first-order chi connectivity index (χ1) is 9.66. The minimum atomic E-state index is -1.90. The minimum absolute atomic E-state index is 0.347. The highest BCUT2D eigenvalue weighted by Crippen LogP contribution is 2.25. The Morgan fingerprint density at radius 1 is 0.955 bits per heavy atom. The summed E-state index contributed by atoms with van der Waals surface area (Å²) in [7, 11) is -3.51. The molecule has 0 bridgehead atoms. The smallest absolute Gasteiger partial charge is 0.332 e. The lowest BCUT2D eigenvalue weighted by molar-refractivity contribution is -0.136. The molecule has 132 valence electrons. The molecule has 0 saturated carbocycles. The van der Waals surface area contributed by atoms with Gasteiger partial charge in [0.1, 0.15) is 0 Å². The standard InChI is InChI=1S/C10H28O2Si3.C5H8O2/c1-9-10-15(8,11-13(2,3)4)12-14(5,6)7;1-4(2)5(6)7-3/h9-10H2,1-8H3;1H2,2-3H3. The van der Waals surface area contributed by atoms with Crippen LogP contribution < -0.4 is 0 Å². The van der Waals surface area contributed by atoms with Gasteiger partial charge in [-0.1, -0.05) is 19.9 Å². The summed E-state index contributed by atoms with van der Waals surface area (Å²) in [5.41, 5.74) is 0.433. The van der Waals surface area contributed by atoms with Crippen LogP contribution in [0.1, 0.15) is 20.3 Å². The Labute approximate surface area is 140 Å². The van der Waals surface area contributed by atoms with Crippen LogP contribution in [0.5, 0.6) is 0 Å². The topological polar surface area (TPSA) is 44.8 Å². The van der Waals surface area contributed by atoms with Crippen LogP contribution in [0.4, 0.5) is 0 Å². The van der Waals surface area contributed by atoms with Gasteiger partial charge in [0.2, 0.25) is 0 Å². The minimum Gasteiger partial charge on any atom is -0.466 e. The molecule has 0 radical (unpaired) electrons. The molecule has 7 heteroatoms. The van der Waals surface area contributed by atoms with Crippen LogP contribution in [-0.4, -0.2) is 38.3 Å². The van der Waals surface area contributed by atoms with Crippen LogP contribution in [0, 0.1) is 0 Å². The third-order valence-electron chi connectivity index (χ3n) is 2.28. The zero-order valence-electron chi connectivity index (χ0n) is 16.3. The highest BCUT2D eigenvalue weighted by molar-refractivity contribution is 6.87. The van der Waals surface area contributed by atoms with Gasteiger partial charge < -0.3 is 13.0 Å². The molecule has 0 aliphatic heterocycles. The van der Waals surface area contributed by atoms with Crippen LogP contribution in [0.3, 0.4) is 0 Å². The Morgan fingerprint density at radius 2 is 1.32 bits per heavy atom. The van der Waals surface area contributed by atoms with Gasteiger partial charge in [0.15, 0.2) is 16.6 Å². The van der Waals surface area contributed by atoms with E-state index in [4.69, 9.17) is 8.23 Å². The molecule has 0 aromatic rings. The number of hydrogen-bond donors (Lipinski definition) is 0. The highest BCUT2D eigenvalue weighted by Gasteiger charge is 2.39. The van der Waals surface area contributed by atoms with E-state index in [0.717, 1.165) is 12.5 Å². The number of esters is 1. The first-order valence-corrected chi connectivity index (χ1v) is 17.1. The summed E-state index contributed by atoms with van der Waals surface area (Å²) in [4.78, 5) is 10.2. The van der Waals surface area contributed by atoms with E-state index in [1.807, 2.05) is 0 Å². The summed E-state index contributed by atoms with van der Waals surface area (Å²) >= 11 is 0. The van der Waals surface area contributed by atoms with Crippen molar-refractivity contribution in [1.29, 1.82) is 0 Å². The average molecular weight is 365 g/mol. The normalized spacial score (nSPS) is 12.3. The molecule has 22 heavy (non-hydrogen) atoms. The Bertz CT molecular complexity index is 341. The molecule has 0 aromatic heterocycles. The van der Waals surface area contributed by atoms with Crippen molar-refractivity contribution in [2.24, 2.45) is 0 Å². The van der Waals surface area contributed by atoms with E-state index in [2.05, 4.69) is 64.1 Å². The van der Waals surface area contributed by atoms with E-state index in [1.54, 1.807) is 6.92 Å². The Kier molecular flexibility index (Phi) is 10.7. The number of hydrogen-bond acceptors (Lipinski definition) is 4. The quantitative estimate of drug-likeness (QED) is 0.366. The van der Waals surface area contributed by atoms with E-state index in [1.165, 1.54) is 7.11 Å². The molecule has 0 spiro atoms. The molecule has 0 unspecified atom stereocenters. The maximum atomic E-state index is 10.2. The molecule has 0 aromatic carbocycles. The molecule has 0 atom stereocenters. The summed E-state index contributed by atoms with van der Waals surface area (Å²) < 4.78 is 16.9. The van der Waals surface area contributed by atoms with Gasteiger partial charge in [0.05, 0.1) is 7.11 Å². The predicted octanol–water partition coefficient (Wildman–Crippen LogP) is 4.91. The Morgan fingerprint density at radius 3 is 1.45 bits per heavy atom. The van der Waals surface area contributed by atoms with Crippen molar-refractivity contribution in [2.75, 3.05) is 7.11 Å². The van der Waals surface area contributed by atoms with E-state index >= 15 is 0 Å². The average Bonchev–Trinajstić information content (AvgIpc) is 2.22. The van der Waals surface area contributed by atoms with Crippen LogP contribution in [0.25, 0.3) is 0 Å². The molecule has 0 N–H and O–H groups in total. The fourth-order valence-corrected chi connectivity index (χ4v) is 14.7. The van der Waals surface area contributed by atoms with Crippen molar-refractivity contribution < 1.29 is 17.8 Å². The van der Waals surface area contributed by atoms with E-state index in [9.17, 15) is 4.79 Å². The van der Waals surface area contributed by atoms with Gasteiger partial charge in [0, 0.05) is 5.57 Å². The fraction of sp³-hybridized carbons (Fsp3) is 0.800. The van der Waals surface area contributed by atoms with Crippen molar-refractivity contribution in [3.05, 3.63) is 12.2 Å². The van der Waals surface area contributed by atoms with Crippen molar-refractivity contribution in [2.45, 2.75) is 72.1 Å². The molecular formula is C15H36O4Si3. The highest BCUT2D eigenvalue weighted by atomic mass is 28.5. The van der Waals surface area contributed by atoms with E-state index < -0.39 is 25.2 Å². The molecule has 0 aliphatic carbocycles. The molecule has 0 fully saturated rings. The molecule has 0 aliphatic rings. The summed E-state index contributed by atoms with van der Waals surface area (Å²) in [6, 6.07) is 1.13. The van der Waals surface area contributed by atoms with Crippen molar-refractivity contribution in [1.82, 2.24) is 0 Å².